The fourth-order valence-corrected chi connectivity index (χ4v) is 4.72. The molecular weight excluding hydrogens is 525 g/mol. The van der Waals surface area contributed by atoms with Crippen molar-refractivity contribution < 1.29 is 9.47 Å². The molecule has 1 aliphatic rings. The number of ether oxygens (including phenoxy) is 2. The molecule has 0 amide bonds. The van der Waals surface area contributed by atoms with Gasteiger partial charge in [0.15, 0.2) is 0 Å². The summed E-state index contributed by atoms with van der Waals surface area (Å²) >= 11 is 13.2. The van der Waals surface area contributed by atoms with Gasteiger partial charge in [0.25, 0.3) is 0 Å². The van der Waals surface area contributed by atoms with Gasteiger partial charge in [-0.3, -0.25) is 9.56 Å². The summed E-state index contributed by atoms with van der Waals surface area (Å²) in [6, 6.07) is 13.3. The summed E-state index contributed by atoms with van der Waals surface area (Å²) in [5.74, 6) is 1.49. The number of aliphatic imine (C=N–C) groups is 1. The van der Waals surface area contributed by atoms with Gasteiger partial charge in [-0.05, 0) is 54.3 Å². The lowest BCUT2D eigenvalue weighted by Crippen LogP contribution is -2.23. The van der Waals surface area contributed by atoms with E-state index in [-0.39, 0.29) is 16.9 Å². The van der Waals surface area contributed by atoms with Crippen molar-refractivity contribution in [2.24, 2.45) is 4.99 Å². The van der Waals surface area contributed by atoms with Gasteiger partial charge in [-0.1, -0.05) is 49.2 Å². The fraction of sp³-hybridized carbons (Fsp3) is 0.393. The number of nitrogens with zero attached hydrogens (tertiary/aromatic N) is 4. The van der Waals surface area contributed by atoms with E-state index in [1.807, 2.05) is 42.7 Å². The number of rotatable bonds is 12. The number of hydrogen-bond donors (Lipinski definition) is 1. The highest BCUT2D eigenvalue weighted by molar-refractivity contribution is 6.32. The van der Waals surface area contributed by atoms with Crippen molar-refractivity contribution in [3.05, 3.63) is 80.3 Å². The molecule has 0 radical (unpaired) electrons. The van der Waals surface area contributed by atoms with E-state index in [1.54, 1.807) is 12.3 Å². The van der Waals surface area contributed by atoms with Crippen LogP contribution in [-0.4, -0.2) is 53.6 Å². The molecule has 1 aliphatic heterocycles. The van der Waals surface area contributed by atoms with Gasteiger partial charge in [0, 0.05) is 31.2 Å². The summed E-state index contributed by atoms with van der Waals surface area (Å²) in [5.41, 5.74) is 6.90. The van der Waals surface area contributed by atoms with E-state index in [9.17, 15) is 4.79 Å². The number of aromatic nitrogens is 2. The average Bonchev–Trinajstić information content (AvgIpc) is 3.40. The minimum absolute atomic E-state index is 0.211. The highest BCUT2D eigenvalue weighted by Crippen LogP contribution is 2.38. The van der Waals surface area contributed by atoms with Crippen LogP contribution in [-0.2, 0) is 12.0 Å². The van der Waals surface area contributed by atoms with Crippen LogP contribution in [0.3, 0.4) is 0 Å². The van der Waals surface area contributed by atoms with Crippen molar-refractivity contribution in [3.63, 3.8) is 0 Å². The normalized spacial score (nSPS) is 13.2. The summed E-state index contributed by atoms with van der Waals surface area (Å²) in [5, 5.41) is 1.11. The van der Waals surface area contributed by atoms with Crippen LogP contribution in [0.25, 0.3) is 0 Å². The Hall–Kier alpha value is -3.23. The quantitative estimate of drug-likeness (QED) is 0.313. The second-order valence-corrected chi connectivity index (χ2v) is 10.5. The summed E-state index contributed by atoms with van der Waals surface area (Å²) in [7, 11) is 0. The molecule has 0 aliphatic carbocycles. The van der Waals surface area contributed by atoms with Gasteiger partial charge in [0.2, 0.25) is 0 Å². The number of anilines is 1. The SMILES string of the molecule is CC(C)(c1ccc(OCCCN2C=NCC2)c(Cl)c1)c1ccc(OCCCn2ccc(N)nc2=O)c(Cl)c1. The molecular formula is C28H33Cl2N5O3. The van der Waals surface area contributed by atoms with Gasteiger partial charge in [-0.15, -0.1) is 0 Å². The second-order valence-electron chi connectivity index (χ2n) is 9.71. The molecule has 0 spiro atoms. The Morgan fingerprint density at radius 3 is 2.08 bits per heavy atom. The second kappa shape index (κ2) is 12.5. The van der Waals surface area contributed by atoms with Crippen LogP contribution in [0.2, 0.25) is 10.0 Å². The molecule has 3 aromatic rings. The van der Waals surface area contributed by atoms with Gasteiger partial charge >= 0.3 is 5.69 Å². The lowest BCUT2D eigenvalue weighted by Gasteiger charge is -2.27. The zero-order chi connectivity index (χ0) is 27.1. The van der Waals surface area contributed by atoms with E-state index < -0.39 is 0 Å². The number of aryl methyl sites for hydroxylation is 1. The van der Waals surface area contributed by atoms with Gasteiger partial charge in [0.05, 0.1) is 36.1 Å². The van der Waals surface area contributed by atoms with Crippen LogP contribution in [0, 0.1) is 0 Å². The van der Waals surface area contributed by atoms with E-state index >= 15 is 0 Å². The monoisotopic (exact) mass is 557 g/mol. The van der Waals surface area contributed by atoms with Crippen LogP contribution in [0.5, 0.6) is 11.5 Å². The average molecular weight is 559 g/mol. The molecule has 2 N–H and O–H groups in total. The predicted molar refractivity (Wildman–Crippen MR) is 153 cm³/mol. The zero-order valence-electron chi connectivity index (χ0n) is 21.7. The van der Waals surface area contributed by atoms with Crippen molar-refractivity contribution in [1.29, 1.82) is 0 Å². The molecule has 2 heterocycles. The summed E-state index contributed by atoms with van der Waals surface area (Å²) in [4.78, 5) is 22.0. The summed E-state index contributed by atoms with van der Waals surface area (Å²) < 4.78 is 13.3. The Kier molecular flexibility index (Phi) is 9.17. The van der Waals surface area contributed by atoms with Crippen LogP contribution >= 0.6 is 23.2 Å². The third kappa shape index (κ3) is 6.99. The Balaban J connectivity index is 1.32. The maximum Gasteiger partial charge on any atom is 0.349 e. The van der Waals surface area contributed by atoms with E-state index in [0.29, 0.717) is 47.7 Å². The molecule has 10 heteroatoms. The smallest absolute Gasteiger partial charge is 0.349 e. The Morgan fingerprint density at radius 1 is 0.947 bits per heavy atom. The topological polar surface area (TPSA) is 95.0 Å². The molecule has 0 bridgehead atoms. The molecule has 0 saturated carbocycles. The van der Waals surface area contributed by atoms with E-state index in [0.717, 1.165) is 37.2 Å². The van der Waals surface area contributed by atoms with Crippen molar-refractivity contribution in [1.82, 2.24) is 14.5 Å². The molecule has 2 aromatic carbocycles. The molecule has 8 nitrogen and oxygen atoms in total. The number of nitrogens with two attached hydrogens (primary N) is 1. The highest BCUT2D eigenvalue weighted by atomic mass is 35.5. The van der Waals surface area contributed by atoms with Crippen molar-refractivity contribution >= 4 is 35.4 Å². The molecule has 0 fully saturated rings. The first-order valence-corrected chi connectivity index (χ1v) is 13.4. The number of nitrogen functional groups attached to an aromatic ring is 1. The number of benzene rings is 2. The molecule has 38 heavy (non-hydrogen) atoms. The van der Waals surface area contributed by atoms with Crippen LogP contribution in [0.4, 0.5) is 5.82 Å². The molecule has 4 rings (SSSR count). The van der Waals surface area contributed by atoms with Gasteiger partial charge in [-0.2, -0.15) is 4.98 Å². The highest BCUT2D eigenvalue weighted by Gasteiger charge is 2.25. The fourth-order valence-electron chi connectivity index (χ4n) is 4.25. The zero-order valence-corrected chi connectivity index (χ0v) is 23.2. The Labute approximate surface area is 233 Å². The third-order valence-electron chi connectivity index (χ3n) is 6.61. The first-order chi connectivity index (χ1) is 18.2. The molecule has 0 saturated heterocycles. The molecule has 0 atom stereocenters. The first-order valence-electron chi connectivity index (χ1n) is 12.7. The number of halogens is 2. The summed E-state index contributed by atoms with van der Waals surface area (Å²) in [6.07, 6.45) is 5.05. The van der Waals surface area contributed by atoms with Gasteiger partial charge in [0.1, 0.15) is 17.3 Å². The van der Waals surface area contributed by atoms with Gasteiger partial charge < -0.3 is 20.1 Å². The largest absolute Gasteiger partial charge is 0.492 e. The lowest BCUT2D eigenvalue weighted by atomic mass is 9.78. The standard InChI is InChI=1S/C28H33Cl2N5O3/c1-28(2,20-5-7-24(22(29)17-20)37-15-3-11-34-14-10-32-19-34)21-6-8-25(23(30)18-21)38-16-4-12-35-13-9-26(31)33-27(35)36/h5-9,13,17-19H,3-4,10-12,14-16H2,1-2H3,(H2,31,33,36). The van der Waals surface area contributed by atoms with Crippen molar-refractivity contribution in [2.45, 2.75) is 38.6 Å². The molecule has 202 valence electrons. The maximum absolute atomic E-state index is 11.8. The minimum atomic E-state index is -0.373. The Morgan fingerprint density at radius 2 is 1.55 bits per heavy atom. The molecule has 1 aromatic heterocycles. The minimum Gasteiger partial charge on any atom is -0.492 e. The van der Waals surface area contributed by atoms with Crippen molar-refractivity contribution in [3.8, 4) is 11.5 Å². The number of hydrogen-bond acceptors (Lipinski definition) is 7. The van der Waals surface area contributed by atoms with Crippen LogP contribution in [0.1, 0.15) is 37.8 Å². The maximum atomic E-state index is 11.8. The Bertz CT molecular complexity index is 1340. The first kappa shape index (κ1) is 27.8. The van der Waals surface area contributed by atoms with Crippen LogP contribution < -0.4 is 20.9 Å². The molecule has 0 unspecified atom stereocenters. The summed E-state index contributed by atoms with van der Waals surface area (Å²) in [6.45, 7) is 8.50. The van der Waals surface area contributed by atoms with Crippen LogP contribution in [0.15, 0.2) is 58.4 Å². The predicted octanol–water partition coefficient (Wildman–Crippen LogP) is 5.04. The van der Waals surface area contributed by atoms with E-state index in [1.165, 1.54) is 4.57 Å². The third-order valence-corrected chi connectivity index (χ3v) is 7.20. The van der Waals surface area contributed by atoms with Gasteiger partial charge in [-0.25, -0.2) is 4.79 Å². The van der Waals surface area contributed by atoms with E-state index in [2.05, 4.69) is 28.7 Å². The lowest BCUT2D eigenvalue weighted by molar-refractivity contribution is 0.292. The van der Waals surface area contributed by atoms with Crippen molar-refractivity contribution in [2.75, 3.05) is 38.6 Å². The van der Waals surface area contributed by atoms with E-state index in [4.69, 9.17) is 38.4 Å².